The fourth-order valence-electron chi connectivity index (χ4n) is 2.19. The van der Waals surface area contributed by atoms with Crippen LogP contribution in [0.25, 0.3) is 0 Å². The molecule has 1 aromatic carbocycles. The molecule has 0 saturated heterocycles. The van der Waals surface area contributed by atoms with Crippen molar-refractivity contribution >= 4 is 15.8 Å². The van der Waals surface area contributed by atoms with Crippen LogP contribution in [0.3, 0.4) is 0 Å². The SMILES string of the molecule is CC(N=Nc1ccccc1)c1cc[n+](CCCCS(=O)(=O)O)cc1. The van der Waals surface area contributed by atoms with Gasteiger partial charge >= 0.3 is 0 Å². The van der Waals surface area contributed by atoms with Crippen molar-refractivity contribution in [3.05, 3.63) is 60.4 Å². The molecule has 1 atom stereocenters. The molecule has 6 nitrogen and oxygen atoms in total. The molecule has 0 bridgehead atoms. The molecule has 0 amide bonds. The van der Waals surface area contributed by atoms with Crippen molar-refractivity contribution in [3.63, 3.8) is 0 Å². The highest BCUT2D eigenvalue weighted by Gasteiger charge is 2.08. The summed E-state index contributed by atoms with van der Waals surface area (Å²) in [5.41, 5.74) is 1.89. The van der Waals surface area contributed by atoms with E-state index < -0.39 is 10.1 Å². The maximum atomic E-state index is 10.7. The van der Waals surface area contributed by atoms with E-state index in [9.17, 15) is 8.42 Å². The van der Waals surface area contributed by atoms with Gasteiger partial charge in [0.1, 0.15) is 6.54 Å². The van der Waals surface area contributed by atoms with Gasteiger partial charge in [-0.25, -0.2) is 4.57 Å². The van der Waals surface area contributed by atoms with Gasteiger partial charge in [0.25, 0.3) is 10.1 Å². The molecule has 1 N–H and O–H groups in total. The predicted octanol–water partition coefficient (Wildman–Crippen LogP) is 3.49. The molecule has 1 unspecified atom stereocenters. The van der Waals surface area contributed by atoms with Crippen molar-refractivity contribution < 1.29 is 17.5 Å². The molecule has 7 heteroatoms. The minimum Gasteiger partial charge on any atom is -0.286 e. The van der Waals surface area contributed by atoms with Crippen LogP contribution >= 0.6 is 0 Å². The van der Waals surface area contributed by atoms with Gasteiger partial charge in [-0.15, -0.1) is 0 Å². The van der Waals surface area contributed by atoms with E-state index in [1.807, 2.05) is 66.3 Å². The van der Waals surface area contributed by atoms with Crippen molar-refractivity contribution in [2.75, 3.05) is 5.75 Å². The second kappa shape index (κ2) is 8.65. The lowest BCUT2D eigenvalue weighted by Crippen LogP contribution is -2.32. The second-order valence-electron chi connectivity index (χ2n) is 5.59. The smallest absolute Gasteiger partial charge is 0.264 e. The van der Waals surface area contributed by atoms with E-state index in [4.69, 9.17) is 4.55 Å². The normalized spacial score (nSPS) is 13.2. The molecule has 128 valence electrons. The Morgan fingerprint density at radius 3 is 2.38 bits per heavy atom. The summed E-state index contributed by atoms with van der Waals surface area (Å²) in [5.74, 6) is -0.192. The molecule has 0 saturated carbocycles. The minimum atomic E-state index is -3.86. The lowest BCUT2D eigenvalue weighted by Gasteiger charge is -2.04. The number of hydrogen-bond donors (Lipinski definition) is 1. The molecule has 1 aromatic heterocycles. The van der Waals surface area contributed by atoms with Gasteiger partial charge in [-0.05, 0) is 31.0 Å². The molecule has 1 heterocycles. The topological polar surface area (TPSA) is 83.0 Å². The Labute approximate surface area is 142 Å². The molecule has 0 fully saturated rings. The largest absolute Gasteiger partial charge is 0.286 e. The standard InChI is InChI=1S/C17H21N3O3S/c1-15(18-19-17-7-3-2-4-8-17)16-9-12-20(13-10-16)11-5-6-14-24(21,22)23/h2-4,7-10,12-13,15H,5-6,11,14H2,1H3/p+1. The second-order valence-corrected chi connectivity index (χ2v) is 7.16. The summed E-state index contributed by atoms with van der Waals surface area (Å²) in [6.45, 7) is 2.69. The average Bonchev–Trinajstić information content (AvgIpc) is 2.57. The third-order valence-corrected chi connectivity index (χ3v) is 4.38. The van der Waals surface area contributed by atoms with Crippen LogP contribution in [-0.2, 0) is 16.7 Å². The van der Waals surface area contributed by atoms with Gasteiger partial charge in [-0.3, -0.25) is 4.55 Å². The number of nitrogens with zero attached hydrogens (tertiary/aromatic N) is 3. The van der Waals surface area contributed by atoms with Crippen molar-refractivity contribution in [2.24, 2.45) is 10.2 Å². The summed E-state index contributed by atoms with van der Waals surface area (Å²) in [6, 6.07) is 13.5. The monoisotopic (exact) mass is 348 g/mol. The maximum Gasteiger partial charge on any atom is 0.264 e. The zero-order chi connectivity index (χ0) is 17.4. The van der Waals surface area contributed by atoms with Crippen molar-refractivity contribution in [1.82, 2.24) is 0 Å². The van der Waals surface area contributed by atoms with Crippen LogP contribution in [0.5, 0.6) is 0 Å². The lowest BCUT2D eigenvalue weighted by molar-refractivity contribution is -0.697. The molecule has 2 aromatic rings. The first-order chi connectivity index (χ1) is 11.4. The number of pyridine rings is 1. The fraction of sp³-hybridized carbons (Fsp3) is 0.353. The average molecular weight is 348 g/mol. The fourth-order valence-corrected chi connectivity index (χ4v) is 2.76. The van der Waals surface area contributed by atoms with Gasteiger partial charge in [0, 0.05) is 18.6 Å². The number of azo groups is 1. The molecular weight excluding hydrogens is 326 g/mol. The van der Waals surface area contributed by atoms with Gasteiger partial charge in [0.15, 0.2) is 12.4 Å². The molecular formula is C17H22N3O3S+. The summed E-state index contributed by atoms with van der Waals surface area (Å²) in [7, 11) is -3.86. The Morgan fingerprint density at radius 2 is 1.75 bits per heavy atom. The zero-order valence-corrected chi connectivity index (χ0v) is 14.4. The van der Waals surface area contributed by atoms with Gasteiger partial charge in [0.05, 0.1) is 17.5 Å². The van der Waals surface area contributed by atoms with Gasteiger partial charge in [-0.1, -0.05) is 18.2 Å². The minimum absolute atomic E-state index is 0.0422. The molecule has 2 rings (SSSR count). The number of benzene rings is 1. The van der Waals surface area contributed by atoms with Gasteiger partial charge in [0.2, 0.25) is 0 Å². The molecule has 0 radical (unpaired) electrons. The van der Waals surface area contributed by atoms with E-state index in [0.717, 1.165) is 11.3 Å². The third-order valence-electron chi connectivity index (χ3n) is 3.57. The van der Waals surface area contributed by atoms with Gasteiger partial charge < -0.3 is 0 Å². The lowest BCUT2D eigenvalue weighted by atomic mass is 10.1. The number of aryl methyl sites for hydroxylation is 1. The van der Waals surface area contributed by atoms with E-state index in [1.165, 1.54) is 0 Å². The summed E-state index contributed by atoms with van der Waals surface area (Å²) < 4.78 is 32.0. The zero-order valence-electron chi connectivity index (χ0n) is 13.6. The first-order valence-corrected chi connectivity index (χ1v) is 9.45. The Balaban J connectivity index is 1.86. The molecule has 0 spiro atoms. The maximum absolute atomic E-state index is 10.7. The van der Waals surface area contributed by atoms with E-state index in [2.05, 4.69) is 10.2 Å². The first-order valence-electron chi connectivity index (χ1n) is 7.84. The highest BCUT2D eigenvalue weighted by molar-refractivity contribution is 7.85. The molecule has 0 aliphatic heterocycles. The summed E-state index contributed by atoms with van der Waals surface area (Å²) in [6.07, 6.45) is 5.01. The van der Waals surface area contributed by atoms with Crippen LogP contribution in [0.2, 0.25) is 0 Å². The van der Waals surface area contributed by atoms with Crippen LogP contribution in [0.1, 0.15) is 31.4 Å². The van der Waals surface area contributed by atoms with E-state index in [0.29, 0.717) is 19.4 Å². The molecule has 0 aliphatic rings. The van der Waals surface area contributed by atoms with E-state index in [1.54, 1.807) is 0 Å². The van der Waals surface area contributed by atoms with Crippen LogP contribution in [-0.4, -0.2) is 18.7 Å². The van der Waals surface area contributed by atoms with Crippen molar-refractivity contribution in [2.45, 2.75) is 32.4 Å². The van der Waals surface area contributed by atoms with Crippen LogP contribution in [0.15, 0.2) is 65.1 Å². The highest BCUT2D eigenvalue weighted by Crippen LogP contribution is 2.19. The Bertz CT molecular complexity index is 759. The van der Waals surface area contributed by atoms with Gasteiger partial charge in [-0.2, -0.15) is 18.6 Å². The Hall–Kier alpha value is -2.12. The van der Waals surface area contributed by atoms with E-state index in [-0.39, 0.29) is 11.8 Å². The van der Waals surface area contributed by atoms with Crippen LogP contribution < -0.4 is 4.57 Å². The third kappa shape index (κ3) is 6.55. The summed E-state index contributed by atoms with van der Waals surface area (Å²) >= 11 is 0. The number of hydrogen-bond acceptors (Lipinski definition) is 4. The molecule has 0 aliphatic carbocycles. The number of aromatic nitrogens is 1. The van der Waals surface area contributed by atoms with E-state index >= 15 is 0 Å². The molecule has 24 heavy (non-hydrogen) atoms. The quantitative estimate of drug-likeness (QED) is 0.343. The van der Waals surface area contributed by atoms with Crippen LogP contribution in [0.4, 0.5) is 5.69 Å². The first kappa shape index (κ1) is 18.2. The van der Waals surface area contributed by atoms with Crippen LogP contribution in [0, 0.1) is 0 Å². The Morgan fingerprint density at radius 1 is 1.08 bits per heavy atom. The summed E-state index contributed by atoms with van der Waals surface area (Å²) in [5, 5.41) is 8.54. The summed E-state index contributed by atoms with van der Waals surface area (Å²) in [4.78, 5) is 0. The number of rotatable bonds is 8. The van der Waals surface area contributed by atoms with Crippen molar-refractivity contribution in [3.8, 4) is 0 Å². The highest BCUT2D eigenvalue weighted by atomic mass is 32.2. The Kier molecular flexibility index (Phi) is 6.57. The predicted molar refractivity (Wildman–Crippen MR) is 91.7 cm³/mol. The van der Waals surface area contributed by atoms with Crippen molar-refractivity contribution in [1.29, 1.82) is 0 Å². The number of unbranched alkanes of at least 4 members (excludes halogenated alkanes) is 1.